The Morgan fingerprint density at radius 2 is 1.76 bits per heavy atom. The van der Waals surface area contributed by atoms with Gasteiger partial charge in [0, 0.05) is 17.5 Å². The molecule has 0 N–H and O–H groups in total. The fourth-order valence-corrected chi connectivity index (χ4v) is 3.41. The second kappa shape index (κ2) is 4.48. The zero-order valence-corrected chi connectivity index (χ0v) is 12.1. The number of furan rings is 1. The van der Waals surface area contributed by atoms with E-state index >= 15 is 0 Å². The van der Waals surface area contributed by atoms with Crippen LogP contribution in [0.2, 0.25) is 0 Å². The Morgan fingerprint density at radius 3 is 2.47 bits per heavy atom. The first kappa shape index (κ1) is 11.3. The van der Waals surface area contributed by atoms with Gasteiger partial charge in [0.1, 0.15) is 11.5 Å². The van der Waals surface area contributed by atoms with Gasteiger partial charge in [-0.1, -0.05) is 29.8 Å². The zero-order valence-electron chi connectivity index (χ0n) is 9.92. The van der Waals surface area contributed by atoms with E-state index in [9.17, 15) is 0 Å². The van der Waals surface area contributed by atoms with Crippen LogP contribution in [0.5, 0.6) is 0 Å². The van der Waals surface area contributed by atoms with Gasteiger partial charge in [-0.3, -0.25) is 0 Å². The molecule has 0 saturated heterocycles. The molecular formula is C15H15IO. The van der Waals surface area contributed by atoms with E-state index in [1.165, 1.54) is 45.3 Å². The topological polar surface area (TPSA) is 13.1 Å². The van der Waals surface area contributed by atoms with Crippen LogP contribution in [0.25, 0.3) is 11.3 Å². The van der Waals surface area contributed by atoms with Gasteiger partial charge in [-0.25, -0.2) is 0 Å². The summed E-state index contributed by atoms with van der Waals surface area (Å²) in [7, 11) is 0. The van der Waals surface area contributed by atoms with Crippen LogP contribution in [-0.4, -0.2) is 0 Å². The summed E-state index contributed by atoms with van der Waals surface area (Å²) in [5.41, 5.74) is 3.95. The van der Waals surface area contributed by atoms with Crippen molar-refractivity contribution in [2.24, 2.45) is 0 Å². The first-order valence-electron chi connectivity index (χ1n) is 6.13. The van der Waals surface area contributed by atoms with Crippen molar-refractivity contribution in [3.05, 3.63) is 44.7 Å². The summed E-state index contributed by atoms with van der Waals surface area (Å²) >= 11 is 2.44. The van der Waals surface area contributed by atoms with Crippen LogP contribution in [-0.2, 0) is 12.8 Å². The van der Waals surface area contributed by atoms with Gasteiger partial charge in [0.2, 0.25) is 0 Å². The quantitative estimate of drug-likeness (QED) is 0.685. The van der Waals surface area contributed by atoms with E-state index in [2.05, 4.69) is 53.8 Å². The summed E-state index contributed by atoms with van der Waals surface area (Å²) in [6, 6.07) is 8.60. The number of halogens is 1. The van der Waals surface area contributed by atoms with Gasteiger partial charge in [-0.05, 0) is 48.8 Å². The monoisotopic (exact) mass is 338 g/mol. The third-order valence-corrected chi connectivity index (χ3v) is 4.56. The van der Waals surface area contributed by atoms with Crippen molar-refractivity contribution in [1.29, 1.82) is 0 Å². The highest BCUT2D eigenvalue weighted by atomic mass is 127. The maximum atomic E-state index is 6.06. The lowest BCUT2D eigenvalue weighted by Gasteiger charge is -2.08. The van der Waals surface area contributed by atoms with Crippen molar-refractivity contribution in [1.82, 2.24) is 0 Å². The van der Waals surface area contributed by atoms with Crippen molar-refractivity contribution < 1.29 is 4.42 Å². The third-order valence-electron chi connectivity index (χ3n) is 3.42. The Bertz CT molecular complexity index is 537. The third kappa shape index (κ3) is 2.03. The van der Waals surface area contributed by atoms with Crippen molar-refractivity contribution in [3.8, 4) is 11.3 Å². The van der Waals surface area contributed by atoms with E-state index in [4.69, 9.17) is 4.42 Å². The van der Waals surface area contributed by atoms with E-state index in [0.29, 0.717) is 0 Å². The minimum Gasteiger partial charge on any atom is -0.460 e. The van der Waals surface area contributed by atoms with E-state index in [1.807, 2.05) is 0 Å². The summed E-state index contributed by atoms with van der Waals surface area (Å²) in [6.07, 6.45) is 4.86. The Labute approximate surface area is 115 Å². The van der Waals surface area contributed by atoms with Gasteiger partial charge in [0.25, 0.3) is 0 Å². The van der Waals surface area contributed by atoms with Gasteiger partial charge < -0.3 is 4.42 Å². The summed E-state index contributed by atoms with van der Waals surface area (Å²) in [5, 5.41) is 0. The molecule has 0 saturated carbocycles. The summed E-state index contributed by atoms with van der Waals surface area (Å²) in [5.74, 6) is 2.29. The molecule has 1 aliphatic rings. The largest absolute Gasteiger partial charge is 0.460 e. The summed E-state index contributed by atoms with van der Waals surface area (Å²) < 4.78 is 7.38. The molecule has 0 spiro atoms. The molecule has 0 radical (unpaired) electrons. The highest BCUT2D eigenvalue weighted by molar-refractivity contribution is 14.1. The highest BCUT2D eigenvalue weighted by Crippen LogP contribution is 2.36. The molecule has 1 nitrogen and oxygen atoms in total. The van der Waals surface area contributed by atoms with Crippen molar-refractivity contribution in [2.75, 3.05) is 0 Å². The number of hydrogen-bond donors (Lipinski definition) is 0. The molecule has 1 aliphatic carbocycles. The standard InChI is InChI=1S/C15H15IO/c1-10-6-8-11(9-7-10)15-14(16)12-4-2-3-5-13(12)17-15/h6-9H,2-5H2,1H3. The molecule has 0 atom stereocenters. The van der Waals surface area contributed by atoms with Crippen LogP contribution >= 0.6 is 22.6 Å². The molecule has 0 fully saturated rings. The number of hydrogen-bond acceptors (Lipinski definition) is 1. The van der Waals surface area contributed by atoms with Gasteiger partial charge in [-0.15, -0.1) is 0 Å². The Hall–Kier alpha value is -0.770. The average Bonchev–Trinajstić information content (AvgIpc) is 2.69. The molecule has 0 amide bonds. The molecule has 1 aromatic carbocycles. The zero-order chi connectivity index (χ0) is 11.8. The lowest BCUT2D eigenvalue weighted by atomic mass is 9.98. The normalized spacial score (nSPS) is 14.7. The minimum absolute atomic E-state index is 1.07. The molecule has 1 heterocycles. The van der Waals surface area contributed by atoms with Gasteiger partial charge in [0.05, 0.1) is 3.57 Å². The second-order valence-electron chi connectivity index (χ2n) is 4.72. The molecule has 3 rings (SSSR count). The Kier molecular flexibility index (Phi) is 2.99. The Morgan fingerprint density at radius 1 is 1.06 bits per heavy atom. The predicted molar refractivity (Wildman–Crippen MR) is 78.2 cm³/mol. The summed E-state index contributed by atoms with van der Waals surface area (Å²) in [6.45, 7) is 2.11. The van der Waals surface area contributed by atoms with Crippen LogP contribution in [0, 0.1) is 10.5 Å². The molecule has 17 heavy (non-hydrogen) atoms. The maximum absolute atomic E-state index is 6.06. The minimum atomic E-state index is 1.07. The van der Waals surface area contributed by atoms with E-state index < -0.39 is 0 Å². The molecule has 0 unspecified atom stereocenters. The second-order valence-corrected chi connectivity index (χ2v) is 5.80. The Balaban J connectivity index is 2.09. The molecule has 0 aliphatic heterocycles. The molecule has 88 valence electrons. The first-order chi connectivity index (χ1) is 8.25. The molecule has 2 aromatic rings. The maximum Gasteiger partial charge on any atom is 0.147 e. The van der Waals surface area contributed by atoms with Gasteiger partial charge in [-0.2, -0.15) is 0 Å². The smallest absolute Gasteiger partial charge is 0.147 e. The van der Waals surface area contributed by atoms with E-state index in [0.717, 1.165) is 12.2 Å². The molecule has 2 heteroatoms. The van der Waals surface area contributed by atoms with E-state index in [1.54, 1.807) is 0 Å². The number of benzene rings is 1. The van der Waals surface area contributed by atoms with Crippen LogP contribution in [0.1, 0.15) is 29.7 Å². The fourth-order valence-electron chi connectivity index (χ4n) is 2.42. The van der Waals surface area contributed by atoms with Gasteiger partial charge >= 0.3 is 0 Å². The van der Waals surface area contributed by atoms with Crippen molar-refractivity contribution in [2.45, 2.75) is 32.6 Å². The SMILES string of the molecule is Cc1ccc(-c2oc3c(c2I)CCCC3)cc1. The molecule has 1 aromatic heterocycles. The average molecular weight is 338 g/mol. The first-order valence-corrected chi connectivity index (χ1v) is 7.20. The fraction of sp³-hybridized carbons (Fsp3) is 0.333. The number of aryl methyl sites for hydroxylation is 2. The summed E-state index contributed by atoms with van der Waals surface area (Å²) in [4.78, 5) is 0. The molecule has 0 bridgehead atoms. The van der Waals surface area contributed by atoms with Crippen LogP contribution in [0.15, 0.2) is 28.7 Å². The van der Waals surface area contributed by atoms with E-state index in [-0.39, 0.29) is 0 Å². The lowest BCUT2D eigenvalue weighted by molar-refractivity contribution is 0.487. The highest BCUT2D eigenvalue weighted by Gasteiger charge is 2.21. The van der Waals surface area contributed by atoms with Gasteiger partial charge in [0.15, 0.2) is 0 Å². The lowest BCUT2D eigenvalue weighted by Crippen LogP contribution is -1.99. The number of rotatable bonds is 1. The number of fused-ring (bicyclic) bond motifs is 1. The van der Waals surface area contributed by atoms with Crippen molar-refractivity contribution >= 4 is 22.6 Å². The van der Waals surface area contributed by atoms with Crippen LogP contribution < -0.4 is 0 Å². The predicted octanol–water partition coefficient (Wildman–Crippen LogP) is 4.74. The molecular weight excluding hydrogens is 323 g/mol. The van der Waals surface area contributed by atoms with Crippen LogP contribution in [0.3, 0.4) is 0 Å². The van der Waals surface area contributed by atoms with Crippen molar-refractivity contribution in [3.63, 3.8) is 0 Å². The van der Waals surface area contributed by atoms with Crippen LogP contribution in [0.4, 0.5) is 0 Å².